The molecule has 0 aliphatic rings. The van der Waals surface area contributed by atoms with Gasteiger partial charge in [-0.3, -0.25) is 4.79 Å². The van der Waals surface area contributed by atoms with E-state index in [1.54, 1.807) is 13.0 Å². The molecule has 0 saturated carbocycles. The maximum atomic E-state index is 11.0. The van der Waals surface area contributed by atoms with Gasteiger partial charge in [-0.2, -0.15) is 0 Å². The summed E-state index contributed by atoms with van der Waals surface area (Å²) in [6, 6.07) is 1.55. The second-order valence-electron chi connectivity index (χ2n) is 3.58. The van der Waals surface area contributed by atoms with E-state index in [4.69, 9.17) is 15.6 Å². The Balaban J connectivity index is 3.44. The van der Waals surface area contributed by atoms with E-state index < -0.39 is 11.9 Å². The number of hydrogen-bond acceptors (Lipinski definition) is 4. The zero-order chi connectivity index (χ0) is 13.2. The Hall–Kier alpha value is -1.27. The van der Waals surface area contributed by atoms with Crippen LogP contribution in [0.25, 0.3) is 0 Å². The minimum absolute atomic E-state index is 0.0957. The first-order chi connectivity index (χ1) is 7.93. The summed E-state index contributed by atoms with van der Waals surface area (Å²) in [6.45, 7) is 1.66. The fourth-order valence-corrected chi connectivity index (χ4v) is 2.03. The molecule has 4 N–H and O–H groups in total. The summed E-state index contributed by atoms with van der Waals surface area (Å²) < 4.78 is 5.73. The van der Waals surface area contributed by atoms with Crippen molar-refractivity contribution in [2.45, 2.75) is 12.8 Å². The van der Waals surface area contributed by atoms with E-state index in [0.717, 1.165) is 0 Å². The predicted molar refractivity (Wildman–Crippen MR) is 66.5 cm³/mol. The van der Waals surface area contributed by atoms with Crippen molar-refractivity contribution in [1.82, 2.24) is 0 Å². The Morgan fingerprint density at radius 1 is 1.65 bits per heavy atom. The van der Waals surface area contributed by atoms with Crippen LogP contribution in [0.3, 0.4) is 0 Å². The molecule has 0 aliphatic heterocycles. The van der Waals surface area contributed by atoms with Crippen LogP contribution in [0.15, 0.2) is 10.5 Å². The van der Waals surface area contributed by atoms with Gasteiger partial charge in [0.2, 0.25) is 0 Å². The van der Waals surface area contributed by atoms with Crippen molar-refractivity contribution in [3.05, 3.63) is 21.7 Å². The molecule has 0 aliphatic carbocycles. The summed E-state index contributed by atoms with van der Waals surface area (Å²) in [7, 11) is 1.41. The lowest BCUT2D eigenvalue weighted by Crippen LogP contribution is -2.21. The Bertz CT molecular complexity index is 448. The number of aromatic hydroxyl groups is 1. The van der Waals surface area contributed by atoms with Crippen LogP contribution in [-0.4, -0.2) is 29.8 Å². The van der Waals surface area contributed by atoms with Crippen LogP contribution >= 0.6 is 15.9 Å². The third-order valence-electron chi connectivity index (χ3n) is 2.58. The van der Waals surface area contributed by atoms with E-state index in [9.17, 15) is 9.90 Å². The molecule has 1 unspecified atom stereocenters. The molecule has 0 radical (unpaired) electrons. The minimum Gasteiger partial charge on any atom is -0.504 e. The first kappa shape index (κ1) is 13.8. The number of nitrogens with two attached hydrogens (primary N) is 1. The molecule has 0 fully saturated rings. The van der Waals surface area contributed by atoms with Gasteiger partial charge in [-0.05, 0) is 13.0 Å². The summed E-state index contributed by atoms with van der Waals surface area (Å²) >= 11 is 3.29. The SMILES string of the molecule is COc1c(C)c(Br)cc(C(CN)C(=O)O)c1O. The molecule has 6 heteroatoms. The summed E-state index contributed by atoms with van der Waals surface area (Å²) in [4.78, 5) is 11.0. The molecule has 5 nitrogen and oxygen atoms in total. The van der Waals surface area contributed by atoms with Crippen LogP contribution in [0.5, 0.6) is 11.5 Å². The second-order valence-corrected chi connectivity index (χ2v) is 4.44. The van der Waals surface area contributed by atoms with Crippen LogP contribution in [0, 0.1) is 6.92 Å². The molecular weight excluding hydrogens is 290 g/mol. The molecule has 0 saturated heterocycles. The Kier molecular flexibility index (Phi) is 4.36. The molecule has 1 rings (SSSR count). The van der Waals surface area contributed by atoms with Gasteiger partial charge >= 0.3 is 5.97 Å². The van der Waals surface area contributed by atoms with Gasteiger partial charge in [-0.25, -0.2) is 0 Å². The predicted octanol–water partition coefficient (Wildman–Crippen LogP) is 1.60. The third kappa shape index (κ3) is 2.53. The fraction of sp³-hybridized carbons (Fsp3) is 0.364. The van der Waals surface area contributed by atoms with Crippen LogP contribution in [0.4, 0.5) is 0 Å². The number of carboxylic acids is 1. The smallest absolute Gasteiger partial charge is 0.312 e. The Labute approximate surface area is 107 Å². The number of carbonyl (C=O) groups is 1. The number of rotatable bonds is 4. The number of benzene rings is 1. The maximum absolute atomic E-state index is 11.0. The van der Waals surface area contributed by atoms with Crippen molar-refractivity contribution in [3.8, 4) is 11.5 Å². The van der Waals surface area contributed by atoms with Gasteiger partial charge in [0, 0.05) is 22.1 Å². The molecule has 0 amide bonds. The number of phenols is 1. The Morgan fingerprint density at radius 2 is 2.24 bits per heavy atom. The lowest BCUT2D eigenvalue weighted by molar-refractivity contribution is -0.138. The number of hydrogen-bond donors (Lipinski definition) is 3. The van der Waals surface area contributed by atoms with Crippen LogP contribution in [-0.2, 0) is 4.79 Å². The number of aliphatic carboxylic acids is 1. The minimum atomic E-state index is -1.08. The molecule has 1 aromatic carbocycles. The number of carboxylic acid groups (broad SMARTS) is 1. The molecular formula is C11H14BrNO4. The number of ether oxygens (including phenoxy) is 1. The zero-order valence-corrected chi connectivity index (χ0v) is 11.1. The van der Waals surface area contributed by atoms with E-state index in [1.165, 1.54) is 7.11 Å². The van der Waals surface area contributed by atoms with Crippen molar-refractivity contribution in [2.75, 3.05) is 13.7 Å². The average molecular weight is 304 g/mol. The molecule has 0 spiro atoms. The first-order valence-electron chi connectivity index (χ1n) is 4.92. The highest BCUT2D eigenvalue weighted by Crippen LogP contribution is 2.41. The highest BCUT2D eigenvalue weighted by molar-refractivity contribution is 9.10. The van der Waals surface area contributed by atoms with Crippen molar-refractivity contribution in [1.29, 1.82) is 0 Å². The van der Waals surface area contributed by atoms with Crippen LogP contribution in [0.1, 0.15) is 17.0 Å². The van der Waals surface area contributed by atoms with Gasteiger partial charge in [0.1, 0.15) is 0 Å². The largest absolute Gasteiger partial charge is 0.504 e. The highest BCUT2D eigenvalue weighted by atomic mass is 79.9. The topological polar surface area (TPSA) is 92.8 Å². The van der Waals surface area contributed by atoms with E-state index in [1.807, 2.05) is 0 Å². The molecule has 17 heavy (non-hydrogen) atoms. The molecule has 0 heterocycles. The lowest BCUT2D eigenvalue weighted by atomic mass is 9.96. The van der Waals surface area contributed by atoms with Crippen LogP contribution < -0.4 is 10.5 Å². The summed E-state index contributed by atoms with van der Waals surface area (Å²) in [5.41, 5.74) is 6.35. The molecule has 1 aromatic rings. The van der Waals surface area contributed by atoms with E-state index >= 15 is 0 Å². The van der Waals surface area contributed by atoms with Crippen molar-refractivity contribution >= 4 is 21.9 Å². The normalized spacial score (nSPS) is 12.2. The van der Waals surface area contributed by atoms with E-state index in [2.05, 4.69) is 15.9 Å². The van der Waals surface area contributed by atoms with Crippen molar-refractivity contribution < 1.29 is 19.7 Å². The van der Waals surface area contributed by atoms with E-state index in [-0.39, 0.29) is 23.6 Å². The average Bonchev–Trinajstić information content (AvgIpc) is 2.26. The number of halogens is 1. The van der Waals surface area contributed by atoms with Crippen molar-refractivity contribution in [2.24, 2.45) is 5.73 Å². The van der Waals surface area contributed by atoms with E-state index in [0.29, 0.717) is 10.0 Å². The fourth-order valence-electron chi connectivity index (χ4n) is 1.61. The van der Waals surface area contributed by atoms with Crippen LogP contribution in [0.2, 0.25) is 0 Å². The summed E-state index contributed by atoms with van der Waals surface area (Å²) in [6.07, 6.45) is 0. The molecule has 0 aromatic heterocycles. The maximum Gasteiger partial charge on any atom is 0.312 e. The van der Waals surface area contributed by atoms with Gasteiger partial charge < -0.3 is 20.7 Å². The zero-order valence-electron chi connectivity index (χ0n) is 9.53. The molecule has 0 bridgehead atoms. The van der Waals surface area contributed by atoms with Gasteiger partial charge in [-0.15, -0.1) is 0 Å². The first-order valence-corrected chi connectivity index (χ1v) is 5.72. The third-order valence-corrected chi connectivity index (χ3v) is 3.41. The van der Waals surface area contributed by atoms with Gasteiger partial charge in [0.25, 0.3) is 0 Å². The summed E-state index contributed by atoms with van der Waals surface area (Å²) in [5, 5.41) is 19.0. The highest BCUT2D eigenvalue weighted by Gasteiger charge is 2.25. The molecule has 1 atom stereocenters. The van der Waals surface area contributed by atoms with Gasteiger partial charge in [-0.1, -0.05) is 15.9 Å². The van der Waals surface area contributed by atoms with Gasteiger partial charge in [0.15, 0.2) is 11.5 Å². The van der Waals surface area contributed by atoms with Gasteiger partial charge in [0.05, 0.1) is 13.0 Å². The monoisotopic (exact) mass is 303 g/mol. The second kappa shape index (κ2) is 5.37. The quantitative estimate of drug-likeness (QED) is 0.785. The lowest BCUT2D eigenvalue weighted by Gasteiger charge is -2.17. The summed E-state index contributed by atoms with van der Waals surface area (Å²) in [5.74, 6) is -1.96. The van der Waals surface area contributed by atoms with Crippen molar-refractivity contribution in [3.63, 3.8) is 0 Å². The Morgan fingerprint density at radius 3 is 2.65 bits per heavy atom. The molecule has 94 valence electrons. The number of methoxy groups -OCH3 is 1. The number of phenolic OH excluding ortho intramolecular Hbond substituents is 1. The standard InChI is InChI=1S/C11H14BrNO4/c1-5-8(12)3-6(7(4-13)11(15)16)9(14)10(5)17-2/h3,7,14H,4,13H2,1-2H3,(H,15,16).